The van der Waals surface area contributed by atoms with Gasteiger partial charge in [-0.15, -0.1) is 0 Å². The number of ether oxygens (including phenoxy) is 1. The Hall–Kier alpha value is -3.41. The van der Waals surface area contributed by atoms with Crippen LogP contribution in [-0.2, 0) is 22.6 Å². The van der Waals surface area contributed by atoms with E-state index in [0.717, 1.165) is 16.3 Å². The summed E-state index contributed by atoms with van der Waals surface area (Å²) in [6.07, 6.45) is 0.0161. The van der Waals surface area contributed by atoms with E-state index >= 15 is 0 Å². The van der Waals surface area contributed by atoms with Crippen molar-refractivity contribution < 1.29 is 18.7 Å². The Bertz CT molecular complexity index is 1000. The van der Waals surface area contributed by atoms with Crippen molar-refractivity contribution in [3.63, 3.8) is 0 Å². The van der Waals surface area contributed by atoms with Crippen LogP contribution in [0, 0.1) is 5.82 Å². The lowest BCUT2D eigenvalue weighted by molar-refractivity contribution is -0.125. The Labute approximate surface area is 162 Å². The molecule has 0 bridgehead atoms. The van der Waals surface area contributed by atoms with Crippen LogP contribution in [0.25, 0.3) is 10.8 Å². The number of hydrogen-bond acceptors (Lipinski definition) is 3. The van der Waals surface area contributed by atoms with Gasteiger partial charge in [0.15, 0.2) is 0 Å². The summed E-state index contributed by atoms with van der Waals surface area (Å²) in [4.78, 5) is 24.1. The lowest BCUT2D eigenvalue weighted by Crippen LogP contribution is -2.37. The van der Waals surface area contributed by atoms with Gasteiger partial charge in [0.25, 0.3) is 0 Å². The fraction of sp³-hybridized carbons (Fsp3) is 0.182. The van der Waals surface area contributed by atoms with Crippen molar-refractivity contribution in [2.45, 2.75) is 13.0 Å². The molecule has 0 saturated carbocycles. The molecule has 144 valence electrons. The van der Waals surface area contributed by atoms with Crippen molar-refractivity contribution in [1.29, 1.82) is 0 Å². The molecule has 0 atom stereocenters. The van der Waals surface area contributed by atoms with Crippen LogP contribution in [0.5, 0.6) is 5.75 Å². The minimum atomic E-state index is -0.396. The molecule has 3 aromatic rings. The maximum Gasteiger partial charge on any atom is 0.239 e. The molecule has 0 aliphatic carbocycles. The van der Waals surface area contributed by atoms with Crippen molar-refractivity contribution in [3.05, 3.63) is 77.6 Å². The Balaban J connectivity index is 1.56. The summed E-state index contributed by atoms with van der Waals surface area (Å²) < 4.78 is 18.6. The van der Waals surface area contributed by atoms with E-state index in [-0.39, 0.29) is 31.3 Å². The van der Waals surface area contributed by atoms with Crippen LogP contribution in [0.4, 0.5) is 4.39 Å². The minimum absolute atomic E-state index is 0.0161. The van der Waals surface area contributed by atoms with E-state index in [1.54, 1.807) is 19.2 Å². The van der Waals surface area contributed by atoms with Crippen LogP contribution in [0.3, 0.4) is 0 Å². The average Bonchev–Trinajstić information content (AvgIpc) is 2.70. The first-order valence-electron chi connectivity index (χ1n) is 8.89. The number of carbonyl (C=O) groups is 2. The molecule has 5 nitrogen and oxygen atoms in total. The molecule has 0 aliphatic rings. The molecule has 2 N–H and O–H groups in total. The van der Waals surface area contributed by atoms with Gasteiger partial charge < -0.3 is 15.4 Å². The van der Waals surface area contributed by atoms with E-state index in [4.69, 9.17) is 4.74 Å². The predicted octanol–water partition coefficient (Wildman–Crippen LogP) is 2.96. The Kier molecular flexibility index (Phi) is 6.22. The van der Waals surface area contributed by atoms with Crippen LogP contribution < -0.4 is 15.4 Å². The molecule has 3 aromatic carbocycles. The number of carbonyl (C=O) groups excluding carboxylic acids is 2. The molecule has 0 radical (unpaired) electrons. The standard InChI is InChI=1S/C22H21FN2O3/c1-28-20-10-9-16-6-2-3-8-18(16)19(20)13-24-22(27)14-25-21(26)12-15-5-4-7-17(23)11-15/h2-11H,12-14H2,1H3,(H,24,27)(H,25,26). The first kappa shape index (κ1) is 19.4. The van der Waals surface area contributed by atoms with E-state index in [1.165, 1.54) is 12.1 Å². The van der Waals surface area contributed by atoms with Crippen molar-refractivity contribution in [2.24, 2.45) is 0 Å². The maximum atomic E-state index is 13.2. The highest BCUT2D eigenvalue weighted by atomic mass is 19.1. The lowest BCUT2D eigenvalue weighted by atomic mass is 10.0. The fourth-order valence-electron chi connectivity index (χ4n) is 3.01. The van der Waals surface area contributed by atoms with Gasteiger partial charge in [0.05, 0.1) is 20.1 Å². The number of nitrogens with one attached hydrogen (secondary N) is 2. The molecule has 0 saturated heterocycles. The smallest absolute Gasteiger partial charge is 0.239 e. The summed E-state index contributed by atoms with van der Waals surface area (Å²) in [6.45, 7) is 0.129. The summed E-state index contributed by atoms with van der Waals surface area (Å²) in [6, 6.07) is 17.5. The number of hydrogen-bond donors (Lipinski definition) is 2. The third-order valence-corrected chi connectivity index (χ3v) is 4.38. The zero-order valence-electron chi connectivity index (χ0n) is 15.5. The van der Waals surface area contributed by atoms with E-state index < -0.39 is 5.82 Å². The summed E-state index contributed by atoms with van der Waals surface area (Å²) in [5.74, 6) is -0.368. The van der Waals surface area contributed by atoms with Crippen LogP contribution in [0.15, 0.2) is 60.7 Å². The zero-order chi connectivity index (χ0) is 19.9. The highest BCUT2D eigenvalue weighted by Gasteiger charge is 2.11. The van der Waals surface area contributed by atoms with Crippen molar-refractivity contribution in [2.75, 3.05) is 13.7 Å². The van der Waals surface area contributed by atoms with Gasteiger partial charge in [-0.25, -0.2) is 4.39 Å². The number of halogens is 1. The van der Waals surface area contributed by atoms with Gasteiger partial charge in [0, 0.05) is 12.1 Å². The second kappa shape index (κ2) is 8.99. The number of rotatable bonds is 7. The van der Waals surface area contributed by atoms with Gasteiger partial charge in [-0.3, -0.25) is 9.59 Å². The quantitative estimate of drug-likeness (QED) is 0.662. The molecule has 0 heterocycles. The molecular formula is C22H21FN2O3. The van der Waals surface area contributed by atoms with Gasteiger partial charge in [0.2, 0.25) is 11.8 Å². The van der Waals surface area contributed by atoms with Gasteiger partial charge >= 0.3 is 0 Å². The van der Waals surface area contributed by atoms with E-state index in [9.17, 15) is 14.0 Å². The molecule has 0 fully saturated rings. The SMILES string of the molecule is COc1ccc2ccccc2c1CNC(=O)CNC(=O)Cc1cccc(F)c1. The fourth-order valence-corrected chi connectivity index (χ4v) is 3.01. The van der Waals surface area contributed by atoms with Crippen LogP contribution >= 0.6 is 0 Å². The Morgan fingerprint density at radius 1 is 0.964 bits per heavy atom. The minimum Gasteiger partial charge on any atom is -0.496 e. The molecule has 2 amide bonds. The average molecular weight is 380 g/mol. The molecule has 3 rings (SSSR count). The van der Waals surface area contributed by atoms with Crippen LogP contribution in [0.2, 0.25) is 0 Å². The summed E-state index contributed by atoms with van der Waals surface area (Å²) in [5.41, 5.74) is 1.43. The molecule has 0 aliphatic heterocycles. The normalized spacial score (nSPS) is 10.5. The Morgan fingerprint density at radius 2 is 1.79 bits per heavy atom. The summed E-state index contributed by atoms with van der Waals surface area (Å²) in [5, 5.41) is 7.40. The van der Waals surface area contributed by atoms with Crippen molar-refractivity contribution in [1.82, 2.24) is 10.6 Å². The third-order valence-electron chi connectivity index (χ3n) is 4.38. The first-order valence-corrected chi connectivity index (χ1v) is 8.89. The number of fused-ring (bicyclic) bond motifs is 1. The zero-order valence-corrected chi connectivity index (χ0v) is 15.5. The van der Waals surface area contributed by atoms with E-state index in [0.29, 0.717) is 11.3 Å². The molecule has 0 spiro atoms. The molecular weight excluding hydrogens is 359 g/mol. The van der Waals surface area contributed by atoms with Gasteiger partial charge in [-0.1, -0.05) is 42.5 Å². The monoisotopic (exact) mass is 380 g/mol. The highest BCUT2D eigenvalue weighted by Crippen LogP contribution is 2.27. The molecule has 0 aromatic heterocycles. The number of benzene rings is 3. The molecule has 0 unspecified atom stereocenters. The Morgan fingerprint density at radius 3 is 2.57 bits per heavy atom. The number of amides is 2. The van der Waals surface area contributed by atoms with E-state index in [1.807, 2.05) is 36.4 Å². The van der Waals surface area contributed by atoms with Gasteiger partial charge in [0.1, 0.15) is 11.6 Å². The molecule has 6 heteroatoms. The predicted molar refractivity (Wildman–Crippen MR) is 105 cm³/mol. The van der Waals surface area contributed by atoms with Crippen molar-refractivity contribution >= 4 is 22.6 Å². The number of methoxy groups -OCH3 is 1. The summed E-state index contributed by atoms with van der Waals surface area (Å²) in [7, 11) is 1.59. The van der Waals surface area contributed by atoms with Gasteiger partial charge in [-0.2, -0.15) is 0 Å². The maximum absolute atomic E-state index is 13.2. The van der Waals surface area contributed by atoms with Crippen LogP contribution in [-0.4, -0.2) is 25.5 Å². The van der Waals surface area contributed by atoms with Crippen LogP contribution in [0.1, 0.15) is 11.1 Å². The van der Waals surface area contributed by atoms with E-state index in [2.05, 4.69) is 10.6 Å². The topological polar surface area (TPSA) is 67.4 Å². The third kappa shape index (κ3) is 4.85. The highest BCUT2D eigenvalue weighted by molar-refractivity contribution is 5.89. The van der Waals surface area contributed by atoms with Gasteiger partial charge in [-0.05, 0) is 34.5 Å². The first-order chi connectivity index (χ1) is 13.6. The largest absolute Gasteiger partial charge is 0.496 e. The summed E-state index contributed by atoms with van der Waals surface area (Å²) >= 11 is 0. The molecule has 28 heavy (non-hydrogen) atoms. The second-order valence-corrected chi connectivity index (χ2v) is 6.33. The second-order valence-electron chi connectivity index (χ2n) is 6.33. The lowest BCUT2D eigenvalue weighted by Gasteiger charge is -2.13. The van der Waals surface area contributed by atoms with Crippen molar-refractivity contribution in [3.8, 4) is 5.75 Å².